The zero-order valence-corrected chi connectivity index (χ0v) is 10.00. The van der Waals surface area contributed by atoms with Gasteiger partial charge in [-0.05, 0) is 13.3 Å². The first-order chi connectivity index (χ1) is 7.35. The van der Waals surface area contributed by atoms with Gasteiger partial charge in [-0.25, -0.2) is 0 Å². The topological polar surface area (TPSA) is 24.1 Å². The molecular formula is C13H24N2. The van der Waals surface area contributed by atoms with Crippen LogP contribution < -0.4 is 10.6 Å². The van der Waals surface area contributed by atoms with Gasteiger partial charge in [-0.3, -0.25) is 0 Å². The summed E-state index contributed by atoms with van der Waals surface area (Å²) in [6, 6.07) is 0.726. The molecule has 2 nitrogen and oxygen atoms in total. The number of allylic oxidation sites excluding steroid dienone is 5. The predicted molar refractivity (Wildman–Crippen MR) is 69.1 cm³/mol. The van der Waals surface area contributed by atoms with Crippen molar-refractivity contribution in [3.63, 3.8) is 0 Å². The quantitative estimate of drug-likeness (QED) is 0.695. The van der Waals surface area contributed by atoms with Gasteiger partial charge in [0.25, 0.3) is 0 Å². The lowest BCUT2D eigenvalue weighted by atomic mass is 10.2. The summed E-state index contributed by atoms with van der Waals surface area (Å²) >= 11 is 0. The van der Waals surface area contributed by atoms with Gasteiger partial charge in [-0.1, -0.05) is 43.9 Å². The van der Waals surface area contributed by atoms with Gasteiger partial charge in [0.05, 0.1) is 0 Å². The van der Waals surface area contributed by atoms with Crippen LogP contribution in [0, 0.1) is 0 Å². The molecule has 1 atom stereocenters. The second-order valence-electron chi connectivity index (χ2n) is 3.41. The molecule has 1 fully saturated rings. The molecule has 0 aromatic rings. The van der Waals surface area contributed by atoms with Crippen molar-refractivity contribution in [2.45, 2.75) is 26.3 Å². The minimum atomic E-state index is 0.726. The summed E-state index contributed by atoms with van der Waals surface area (Å²) in [4.78, 5) is 0. The molecule has 0 radical (unpaired) electrons. The van der Waals surface area contributed by atoms with Crippen molar-refractivity contribution in [2.24, 2.45) is 0 Å². The summed E-state index contributed by atoms with van der Waals surface area (Å²) in [5.74, 6) is 0. The summed E-state index contributed by atoms with van der Waals surface area (Å²) in [6.45, 7) is 11.1. The fourth-order valence-corrected chi connectivity index (χ4v) is 1.26. The summed E-state index contributed by atoms with van der Waals surface area (Å²) < 4.78 is 0. The van der Waals surface area contributed by atoms with Gasteiger partial charge < -0.3 is 10.6 Å². The van der Waals surface area contributed by atoms with Crippen molar-refractivity contribution in [3.8, 4) is 0 Å². The Labute approximate surface area is 94.1 Å². The monoisotopic (exact) mass is 208 g/mol. The maximum atomic E-state index is 3.51. The Kier molecular flexibility index (Phi) is 10.6. The predicted octanol–water partition coefficient (Wildman–Crippen LogP) is 2.26. The lowest BCUT2D eigenvalue weighted by Gasteiger charge is -2.22. The molecule has 0 aromatic heterocycles. The molecule has 0 aliphatic carbocycles. The van der Waals surface area contributed by atoms with Crippen LogP contribution in [-0.4, -0.2) is 25.7 Å². The normalized spacial score (nSPS) is 21.3. The van der Waals surface area contributed by atoms with E-state index in [9.17, 15) is 0 Å². The Morgan fingerprint density at radius 3 is 2.47 bits per heavy atom. The van der Waals surface area contributed by atoms with Gasteiger partial charge in [0.2, 0.25) is 0 Å². The molecule has 2 N–H and O–H groups in total. The van der Waals surface area contributed by atoms with Gasteiger partial charge >= 0.3 is 0 Å². The first kappa shape index (κ1) is 14.1. The number of hydrogen-bond donors (Lipinski definition) is 2. The molecule has 1 unspecified atom stereocenters. The summed E-state index contributed by atoms with van der Waals surface area (Å²) in [7, 11) is 0. The van der Waals surface area contributed by atoms with E-state index in [0.29, 0.717) is 0 Å². The van der Waals surface area contributed by atoms with Gasteiger partial charge in [0.1, 0.15) is 0 Å². The fraction of sp³-hybridized carbons (Fsp3) is 0.538. The Hall–Kier alpha value is -0.860. The van der Waals surface area contributed by atoms with E-state index in [1.54, 1.807) is 6.08 Å². The van der Waals surface area contributed by atoms with E-state index in [1.165, 1.54) is 6.42 Å². The molecule has 2 heteroatoms. The SMILES string of the molecule is C=CC=CC=CC.CCC1CNCCN1. The van der Waals surface area contributed by atoms with Gasteiger partial charge in [-0.2, -0.15) is 0 Å². The molecule has 1 aliphatic heterocycles. The van der Waals surface area contributed by atoms with Crippen molar-refractivity contribution in [3.05, 3.63) is 37.0 Å². The average Bonchev–Trinajstić information content (AvgIpc) is 2.32. The van der Waals surface area contributed by atoms with Crippen LogP contribution in [0.2, 0.25) is 0 Å². The largest absolute Gasteiger partial charge is 0.314 e. The standard InChI is InChI=1S/C7H10.C6H14N2/c1-3-5-7-6-4-2;1-2-6-5-7-3-4-8-6/h3-7H,1H2,2H3;6-8H,2-5H2,1H3. The van der Waals surface area contributed by atoms with E-state index < -0.39 is 0 Å². The van der Waals surface area contributed by atoms with E-state index in [1.807, 2.05) is 31.2 Å². The zero-order chi connectivity index (χ0) is 11.4. The molecule has 1 heterocycles. The van der Waals surface area contributed by atoms with Crippen LogP contribution in [0.3, 0.4) is 0 Å². The number of rotatable bonds is 3. The van der Waals surface area contributed by atoms with Gasteiger partial charge in [0, 0.05) is 25.7 Å². The van der Waals surface area contributed by atoms with Crippen LogP contribution in [0.4, 0.5) is 0 Å². The lowest BCUT2D eigenvalue weighted by Crippen LogP contribution is -2.47. The molecule has 15 heavy (non-hydrogen) atoms. The van der Waals surface area contributed by atoms with E-state index in [0.717, 1.165) is 25.7 Å². The smallest absolute Gasteiger partial charge is 0.0190 e. The molecule has 0 spiro atoms. The number of piperazine rings is 1. The highest BCUT2D eigenvalue weighted by molar-refractivity contribution is 5.07. The summed E-state index contributed by atoms with van der Waals surface area (Å²) in [5, 5.41) is 6.73. The van der Waals surface area contributed by atoms with E-state index in [2.05, 4.69) is 24.1 Å². The highest BCUT2D eigenvalue weighted by atomic mass is 15.0. The average molecular weight is 208 g/mol. The Morgan fingerprint density at radius 2 is 2.07 bits per heavy atom. The molecule has 86 valence electrons. The van der Waals surface area contributed by atoms with Crippen molar-refractivity contribution in [1.29, 1.82) is 0 Å². The zero-order valence-electron chi connectivity index (χ0n) is 10.00. The maximum absolute atomic E-state index is 3.51. The van der Waals surface area contributed by atoms with E-state index >= 15 is 0 Å². The highest BCUT2D eigenvalue weighted by Gasteiger charge is 2.07. The third-order valence-electron chi connectivity index (χ3n) is 2.17. The van der Waals surface area contributed by atoms with E-state index in [-0.39, 0.29) is 0 Å². The summed E-state index contributed by atoms with van der Waals surface area (Å²) in [6.07, 6.45) is 10.8. The molecule has 0 saturated carbocycles. The molecule has 0 aromatic carbocycles. The molecule has 0 amide bonds. The van der Waals surface area contributed by atoms with Gasteiger partial charge in [-0.15, -0.1) is 0 Å². The Balaban J connectivity index is 0.000000265. The number of hydrogen-bond acceptors (Lipinski definition) is 2. The molecular weight excluding hydrogens is 184 g/mol. The fourth-order valence-electron chi connectivity index (χ4n) is 1.26. The minimum absolute atomic E-state index is 0.726. The van der Waals surface area contributed by atoms with Crippen molar-refractivity contribution >= 4 is 0 Å². The van der Waals surface area contributed by atoms with Crippen LogP contribution in [0.5, 0.6) is 0 Å². The minimum Gasteiger partial charge on any atom is -0.314 e. The lowest BCUT2D eigenvalue weighted by molar-refractivity contribution is 0.410. The van der Waals surface area contributed by atoms with Gasteiger partial charge in [0.15, 0.2) is 0 Å². The molecule has 0 bridgehead atoms. The van der Waals surface area contributed by atoms with E-state index in [4.69, 9.17) is 0 Å². The van der Waals surface area contributed by atoms with Crippen molar-refractivity contribution < 1.29 is 0 Å². The van der Waals surface area contributed by atoms with Crippen LogP contribution in [0.15, 0.2) is 37.0 Å². The first-order valence-corrected chi connectivity index (χ1v) is 5.69. The summed E-state index contributed by atoms with van der Waals surface area (Å²) in [5.41, 5.74) is 0. The molecule has 1 aliphatic rings. The number of nitrogens with one attached hydrogen (secondary N) is 2. The Bertz CT molecular complexity index is 189. The third kappa shape index (κ3) is 9.44. The van der Waals surface area contributed by atoms with Crippen LogP contribution in [-0.2, 0) is 0 Å². The maximum Gasteiger partial charge on any atom is 0.0190 e. The molecule has 1 rings (SSSR count). The highest BCUT2D eigenvalue weighted by Crippen LogP contribution is 1.90. The van der Waals surface area contributed by atoms with Crippen LogP contribution >= 0.6 is 0 Å². The third-order valence-corrected chi connectivity index (χ3v) is 2.17. The second-order valence-corrected chi connectivity index (χ2v) is 3.41. The Morgan fingerprint density at radius 1 is 1.27 bits per heavy atom. The first-order valence-electron chi connectivity index (χ1n) is 5.69. The van der Waals surface area contributed by atoms with Crippen molar-refractivity contribution in [2.75, 3.05) is 19.6 Å². The van der Waals surface area contributed by atoms with Crippen LogP contribution in [0.25, 0.3) is 0 Å². The molecule has 1 saturated heterocycles. The van der Waals surface area contributed by atoms with Crippen molar-refractivity contribution in [1.82, 2.24) is 10.6 Å². The second kappa shape index (κ2) is 11.2. The van der Waals surface area contributed by atoms with Crippen LogP contribution in [0.1, 0.15) is 20.3 Å².